The Bertz CT molecular complexity index is 638. The molecule has 1 N–H and O–H groups in total. The lowest BCUT2D eigenvalue weighted by atomic mass is 10.00. The Morgan fingerprint density at radius 3 is 2.95 bits per heavy atom. The number of nitrogens with one attached hydrogen (secondary N) is 1. The molecule has 5 heteroatoms. The average Bonchev–Trinajstić information content (AvgIpc) is 3.04. The first-order chi connectivity index (χ1) is 9.65. The van der Waals surface area contributed by atoms with Gasteiger partial charge in [0.05, 0.1) is 12.5 Å². The topological polar surface area (TPSA) is 45.5 Å². The van der Waals surface area contributed by atoms with E-state index in [9.17, 15) is 4.79 Å². The zero-order valence-electron chi connectivity index (χ0n) is 11.1. The fourth-order valence-electron chi connectivity index (χ4n) is 2.52. The highest BCUT2D eigenvalue weighted by Gasteiger charge is 2.30. The molecule has 0 bridgehead atoms. The van der Waals surface area contributed by atoms with Gasteiger partial charge in [-0.1, -0.05) is 18.2 Å². The van der Waals surface area contributed by atoms with Crippen molar-refractivity contribution in [1.29, 1.82) is 0 Å². The van der Waals surface area contributed by atoms with Crippen LogP contribution in [-0.4, -0.2) is 24.4 Å². The van der Waals surface area contributed by atoms with Crippen LogP contribution in [0.5, 0.6) is 0 Å². The van der Waals surface area contributed by atoms with Crippen molar-refractivity contribution in [3.8, 4) is 0 Å². The fourth-order valence-corrected chi connectivity index (χ4v) is 2.86. The van der Waals surface area contributed by atoms with Gasteiger partial charge in [-0.15, -0.1) is 0 Å². The van der Waals surface area contributed by atoms with Gasteiger partial charge in [0.15, 0.2) is 4.67 Å². The summed E-state index contributed by atoms with van der Waals surface area (Å²) in [6, 6.07) is 11.7. The molecule has 0 fully saturated rings. The lowest BCUT2D eigenvalue weighted by molar-refractivity contribution is -0.131. The SMILES string of the molecule is CN(Cc1ccc(Br)o1)C(=O)C1CNc2ccccc21. The molecule has 2 aromatic rings. The summed E-state index contributed by atoms with van der Waals surface area (Å²) in [5.74, 6) is 0.761. The Labute approximate surface area is 125 Å². The Morgan fingerprint density at radius 2 is 2.20 bits per heavy atom. The number of para-hydroxylation sites is 1. The van der Waals surface area contributed by atoms with Crippen molar-refractivity contribution in [3.63, 3.8) is 0 Å². The largest absolute Gasteiger partial charge is 0.452 e. The van der Waals surface area contributed by atoms with Gasteiger partial charge >= 0.3 is 0 Å². The van der Waals surface area contributed by atoms with Crippen LogP contribution in [0.1, 0.15) is 17.2 Å². The van der Waals surface area contributed by atoms with Crippen LogP contribution in [0, 0.1) is 0 Å². The summed E-state index contributed by atoms with van der Waals surface area (Å²) in [6.45, 7) is 1.13. The van der Waals surface area contributed by atoms with Crippen LogP contribution >= 0.6 is 15.9 Å². The molecule has 2 heterocycles. The highest BCUT2D eigenvalue weighted by molar-refractivity contribution is 9.10. The van der Waals surface area contributed by atoms with E-state index in [0.29, 0.717) is 17.8 Å². The molecule has 1 aliphatic rings. The number of fused-ring (bicyclic) bond motifs is 1. The Kier molecular flexibility index (Phi) is 3.53. The maximum absolute atomic E-state index is 12.6. The molecule has 4 nitrogen and oxygen atoms in total. The molecular weight excluding hydrogens is 320 g/mol. The fraction of sp³-hybridized carbons (Fsp3) is 0.267. The smallest absolute Gasteiger partial charge is 0.232 e. The van der Waals surface area contributed by atoms with E-state index < -0.39 is 0 Å². The van der Waals surface area contributed by atoms with Gasteiger partial charge in [-0.25, -0.2) is 0 Å². The van der Waals surface area contributed by atoms with E-state index in [0.717, 1.165) is 17.0 Å². The third-order valence-corrected chi connectivity index (χ3v) is 3.96. The van der Waals surface area contributed by atoms with E-state index in [-0.39, 0.29) is 11.8 Å². The van der Waals surface area contributed by atoms with Crippen LogP contribution in [0.4, 0.5) is 5.69 Å². The molecule has 1 aromatic heterocycles. The predicted octanol–water partition coefficient (Wildman–Crippen LogP) is 3.21. The maximum atomic E-state index is 12.6. The second-order valence-electron chi connectivity index (χ2n) is 4.92. The molecule has 1 aromatic carbocycles. The molecule has 0 saturated carbocycles. The molecule has 0 saturated heterocycles. The van der Waals surface area contributed by atoms with E-state index in [1.165, 1.54) is 0 Å². The van der Waals surface area contributed by atoms with E-state index in [1.807, 2.05) is 36.4 Å². The number of hydrogen-bond donors (Lipinski definition) is 1. The van der Waals surface area contributed by atoms with Crippen molar-refractivity contribution in [2.45, 2.75) is 12.5 Å². The molecule has 20 heavy (non-hydrogen) atoms. The van der Waals surface area contributed by atoms with E-state index in [1.54, 1.807) is 11.9 Å². The summed E-state index contributed by atoms with van der Waals surface area (Å²) < 4.78 is 6.13. The third-order valence-electron chi connectivity index (χ3n) is 3.53. The molecule has 1 amide bonds. The minimum atomic E-state index is -0.116. The molecule has 1 unspecified atom stereocenters. The molecule has 0 radical (unpaired) electrons. The van der Waals surface area contributed by atoms with Crippen molar-refractivity contribution >= 4 is 27.5 Å². The van der Waals surface area contributed by atoms with Crippen LogP contribution in [0.15, 0.2) is 45.5 Å². The number of carbonyl (C=O) groups is 1. The van der Waals surface area contributed by atoms with Gasteiger partial charge in [0.2, 0.25) is 5.91 Å². The van der Waals surface area contributed by atoms with Gasteiger partial charge in [-0.3, -0.25) is 4.79 Å². The first-order valence-corrected chi connectivity index (χ1v) is 7.26. The first-order valence-electron chi connectivity index (χ1n) is 6.47. The molecule has 1 atom stereocenters. The van der Waals surface area contributed by atoms with Gasteiger partial charge in [0.25, 0.3) is 0 Å². The van der Waals surface area contributed by atoms with Crippen molar-refractivity contribution < 1.29 is 9.21 Å². The number of rotatable bonds is 3. The Balaban J connectivity index is 1.73. The molecule has 0 aliphatic carbocycles. The van der Waals surface area contributed by atoms with Crippen LogP contribution in [0.2, 0.25) is 0 Å². The van der Waals surface area contributed by atoms with Gasteiger partial charge in [-0.05, 0) is 39.7 Å². The van der Waals surface area contributed by atoms with Crippen LogP contribution < -0.4 is 5.32 Å². The molecule has 3 rings (SSSR count). The number of nitrogens with zero attached hydrogens (tertiary/aromatic N) is 1. The minimum absolute atomic E-state index is 0.106. The van der Waals surface area contributed by atoms with E-state index in [2.05, 4.69) is 21.2 Å². The summed E-state index contributed by atoms with van der Waals surface area (Å²) in [4.78, 5) is 14.3. The third kappa shape index (κ3) is 2.45. The van der Waals surface area contributed by atoms with Crippen molar-refractivity contribution in [1.82, 2.24) is 4.90 Å². The van der Waals surface area contributed by atoms with Gasteiger partial charge < -0.3 is 14.6 Å². The molecular formula is C15H15BrN2O2. The number of likely N-dealkylation sites (N-methyl/N-ethyl adjacent to an activating group) is 1. The number of furan rings is 1. The van der Waals surface area contributed by atoms with Crippen LogP contribution in [0.25, 0.3) is 0 Å². The molecule has 0 spiro atoms. The number of benzene rings is 1. The number of anilines is 1. The number of halogens is 1. The second-order valence-corrected chi connectivity index (χ2v) is 5.70. The van der Waals surface area contributed by atoms with E-state index in [4.69, 9.17) is 4.42 Å². The summed E-state index contributed by atoms with van der Waals surface area (Å²) in [6.07, 6.45) is 0. The van der Waals surface area contributed by atoms with Crippen LogP contribution in [0.3, 0.4) is 0 Å². The highest BCUT2D eigenvalue weighted by atomic mass is 79.9. The zero-order valence-corrected chi connectivity index (χ0v) is 12.7. The Morgan fingerprint density at radius 1 is 1.40 bits per heavy atom. The summed E-state index contributed by atoms with van der Waals surface area (Å²) in [5, 5.41) is 3.28. The number of amides is 1. The van der Waals surface area contributed by atoms with Gasteiger partial charge in [0, 0.05) is 19.3 Å². The average molecular weight is 335 g/mol. The van der Waals surface area contributed by atoms with Crippen LogP contribution in [-0.2, 0) is 11.3 Å². The predicted molar refractivity (Wildman–Crippen MR) is 80.6 cm³/mol. The summed E-state index contributed by atoms with van der Waals surface area (Å²) in [5.41, 5.74) is 2.13. The lowest BCUT2D eigenvalue weighted by Gasteiger charge is -2.20. The highest BCUT2D eigenvalue weighted by Crippen LogP contribution is 2.32. The first kappa shape index (κ1) is 13.2. The molecule has 1 aliphatic heterocycles. The van der Waals surface area contributed by atoms with Crippen molar-refractivity contribution in [3.05, 3.63) is 52.4 Å². The minimum Gasteiger partial charge on any atom is -0.452 e. The lowest BCUT2D eigenvalue weighted by Crippen LogP contribution is -2.32. The molecule has 104 valence electrons. The summed E-state index contributed by atoms with van der Waals surface area (Å²) >= 11 is 3.27. The monoisotopic (exact) mass is 334 g/mol. The standard InChI is InChI=1S/C15H15BrN2O2/c1-18(9-10-6-7-14(16)20-10)15(19)12-8-17-13-5-3-2-4-11(12)13/h2-7,12,17H,8-9H2,1H3. The number of hydrogen-bond acceptors (Lipinski definition) is 3. The van der Waals surface area contributed by atoms with Gasteiger partial charge in [-0.2, -0.15) is 0 Å². The zero-order chi connectivity index (χ0) is 14.1. The van der Waals surface area contributed by atoms with Gasteiger partial charge in [0.1, 0.15) is 5.76 Å². The Hall–Kier alpha value is -1.75. The summed E-state index contributed by atoms with van der Waals surface area (Å²) in [7, 11) is 1.81. The number of carbonyl (C=O) groups excluding carboxylic acids is 1. The van der Waals surface area contributed by atoms with Crippen molar-refractivity contribution in [2.24, 2.45) is 0 Å². The second kappa shape index (κ2) is 5.32. The maximum Gasteiger partial charge on any atom is 0.232 e. The quantitative estimate of drug-likeness (QED) is 0.937. The van der Waals surface area contributed by atoms with Crippen molar-refractivity contribution in [2.75, 3.05) is 18.9 Å². The van der Waals surface area contributed by atoms with E-state index >= 15 is 0 Å². The normalized spacial score (nSPS) is 16.6.